The third kappa shape index (κ3) is 4.71. The third-order valence-electron chi connectivity index (χ3n) is 4.85. The molecule has 0 amide bonds. The molecular formula is C18H26BrFN4O. The summed E-state index contributed by atoms with van der Waals surface area (Å²) in [6.07, 6.45) is 0. The second kappa shape index (κ2) is 8.01. The summed E-state index contributed by atoms with van der Waals surface area (Å²) >= 11 is 3.20. The Kier molecular flexibility index (Phi) is 5.96. The summed E-state index contributed by atoms with van der Waals surface area (Å²) < 4.78 is 19.5. The number of rotatable bonds is 4. The average Bonchev–Trinajstić information content (AvgIpc) is 2.58. The molecule has 0 spiro atoms. The standard InChI is InChI=1S/C18H26BrFN4O/c1-18(12-25-13-18)11-22-17(21-2)24-7-5-23(6-8-24)10-14-3-4-15(19)16(20)9-14/h3-4,9H,5-8,10-13H2,1-2H3,(H,21,22). The lowest BCUT2D eigenvalue weighted by Crippen LogP contribution is -2.55. The molecule has 138 valence electrons. The SMILES string of the molecule is CN=C(NCC1(C)COC1)N1CCN(Cc2ccc(Br)c(F)c2)CC1. The first-order chi connectivity index (χ1) is 12.0. The predicted octanol–water partition coefficient (Wildman–Crippen LogP) is 2.32. The van der Waals surface area contributed by atoms with Crippen molar-refractivity contribution in [2.45, 2.75) is 13.5 Å². The Bertz CT molecular complexity index is 628. The molecule has 0 radical (unpaired) electrons. The molecule has 0 aromatic heterocycles. The number of nitrogens with one attached hydrogen (secondary N) is 1. The summed E-state index contributed by atoms with van der Waals surface area (Å²) in [6.45, 7) is 9.25. The molecule has 2 fully saturated rings. The van der Waals surface area contributed by atoms with Crippen molar-refractivity contribution in [3.8, 4) is 0 Å². The van der Waals surface area contributed by atoms with E-state index in [0.717, 1.165) is 64.0 Å². The molecule has 2 heterocycles. The molecule has 5 nitrogen and oxygen atoms in total. The quantitative estimate of drug-likeness (QED) is 0.608. The van der Waals surface area contributed by atoms with Crippen molar-refractivity contribution in [3.05, 3.63) is 34.1 Å². The summed E-state index contributed by atoms with van der Waals surface area (Å²) in [7, 11) is 1.83. The molecule has 0 bridgehead atoms. The van der Waals surface area contributed by atoms with E-state index in [1.54, 1.807) is 12.1 Å². The zero-order valence-electron chi connectivity index (χ0n) is 14.9. The first-order valence-corrected chi connectivity index (χ1v) is 9.48. The second-order valence-corrected chi connectivity index (χ2v) is 8.07. The van der Waals surface area contributed by atoms with E-state index in [9.17, 15) is 4.39 Å². The zero-order chi connectivity index (χ0) is 17.9. The van der Waals surface area contributed by atoms with Gasteiger partial charge in [-0.25, -0.2) is 4.39 Å². The number of nitrogens with zero attached hydrogens (tertiary/aromatic N) is 3. The molecule has 0 aliphatic carbocycles. The minimum Gasteiger partial charge on any atom is -0.380 e. The van der Waals surface area contributed by atoms with Crippen LogP contribution in [-0.4, -0.2) is 68.7 Å². The van der Waals surface area contributed by atoms with E-state index >= 15 is 0 Å². The summed E-state index contributed by atoms with van der Waals surface area (Å²) in [5.41, 5.74) is 1.23. The van der Waals surface area contributed by atoms with Crippen LogP contribution in [0.15, 0.2) is 27.7 Å². The minimum absolute atomic E-state index is 0.200. The number of guanidine groups is 1. The highest BCUT2D eigenvalue weighted by atomic mass is 79.9. The lowest BCUT2D eigenvalue weighted by molar-refractivity contribution is -0.0973. The van der Waals surface area contributed by atoms with Gasteiger partial charge < -0.3 is 15.0 Å². The fourth-order valence-corrected chi connectivity index (χ4v) is 3.44. The number of aliphatic imine (C=N–C) groups is 1. The van der Waals surface area contributed by atoms with Crippen LogP contribution in [0.1, 0.15) is 12.5 Å². The van der Waals surface area contributed by atoms with Crippen LogP contribution in [0.2, 0.25) is 0 Å². The van der Waals surface area contributed by atoms with Gasteiger partial charge in [0.25, 0.3) is 0 Å². The van der Waals surface area contributed by atoms with Crippen molar-refractivity contribution in [2.24, 2.45) is 10.4 Å². The molecular weight excluding hydrogens is 387 g/mol. The fourth-order valence-electron chi connectivity index (χ4n) is 3.19. The zero-order valence-corrected chi connectivity index (χ0v) is 16.5. The van der Waals surface area contributed by atoms with Crippen molar-refractivity contribution in [1.29, 1.82) is 0 Å². The summed E-state index contributed by atoms with van der Waals surface area (Å²) in [4.78, 5) is 9.07. The van der Waals surface area contributed by atoms with Gasteiger partial charge in [-0.15, -0.1) is 0 Å². The lowest BCUT2D eigenvalue weighted by atomic mass is 9.89. The summed E-state index contributed by atoms with van der Waals surface area (Å²) in [5, 5.41) is 3.48. The van der Waals surface area contributed by atoms with Gasteiger partial charge in [-0.05, 0) is 33.6 Å². The first kappa shape index (κ1) is 18.6. The van der Waals surface area contributed by atoms with Crippen molar-refractivity contribution >= 4 is 21.9 Å². The highest BCUT2D eigenvalue weighted by Crippen LogP contribution is 2.25. The number of piperazine rings is 1. The van der Waals surface area contributed by atoms with Gasteiger partial charge in [0.1, 0.15) is 5.82 Å². The Morgan fingerprint density at radius 2 is 2.04 bits per heavy atom. The number of halogens is 2. The van der Waals surface area contributed by atoms with Gasteiger partial charge in [0.05, 0.1) is 17.7 Å². The van der Waals surface area contributed by atoms with Crippen molar-refractivity contribution in [2.75, 3.05) is 53.0 Å². The van der Waals surface area contributed by atoms with Crippen LogP contribution in [0.5, 0.6) is 0 Å². The Morgan fingerprint density at radius 1 is 1.32 bits per heavy atom. The highest BCUT2D eigenvalue weighted by Gasteiger charge is 2.33. The van der Waals surface area contributed by atoms with E-state index in [-0.39, 0.29) is 11.2 Å². The van der Waals surface area contributed by atoms with Gasteiger partial charge in [0, 0.05) is 51.7 Å². The number of hydrogen-bond donors (Lipinski definition) is 1. The molecule has 3 rings (SSSR count). The number of benzene rings is 1. The van der Waals surface area contributed by atoms with Crippen LogP contribution < -0.4 is 5.32 Å². The van der Waals surface area contributed by atoms with Crippen LogP contribution in [0.4, 0.5) is 4.39 Å². The Labute approximate surface area is 157 Å². The number of hydrogen-bond acceptors (Lipinski definition) is 3. The van der Waals surface area contributed by atoms with Crippen LogP contribution in [0, 0.1) is 11.2 Å². The maximum Gasteiger partial charge on any atom is 0.193 e. The predicted molar refractivity (Wildman–Crippen MR) is 101 cm³/mol. The molecule has 0 saturated carbocycles. The molecule has 2 saturated heterocycles. The fraction of sp³-hybridized carbons (Fsp3) is 0.611. The van der Waals surface area contributed by atoms with Crippen LogP contribution >= 0.6 is 15.9 Å². The van der Waals surface area contributed by atoms with Crippen molar-refractivity contribution in [3.63, 3.8) is 0 Å². The van der Waals surface area contributed by atoms with Gasteiger partial charge in [-0.1, -0.05) is 13.0 Å². The maximum absolute atomic E-state index is 13.7. The van der Waals surface area contributed by atoms with Crippen LogP contribution in [0.3, 0.4) is 0 Å². The van der Waals surface area contributed by atoms with Gasteiger partial charge in [0.15, 0.2) is 5.96 Å². The molecule has 1 aromatic rings. The summed E-state index contributed by atoms with van der Waals surface area (Å²) in [6, 6.07) is 5.36. The van der Waals surface area contributed by atoms with E-state index in [1.165, 1.54) is 0 Å². The van der Waals surface area contributed by atoms with Crippen LogP contribution in [0.25, 0.3) is 0 Å². The third-order valence-corrected chi connectivity index (χ3v) is 5.49. The molecule has 2 aliphatic heterocycles. The van der Waals surface area contributed by atoms with E-state index in [1.807, 2.05) is 13.1 Å². The Balaban J connectivity index is 1.47. The van der Waals surface area contributed by atoms with E-state index in [4.69, 9.17) is 4.74 Å². The maximum atomic E-state index is 13.7. The Morgan fingerprint density at radius 3 is 2.60 bits per heavy atom. The van der Waals surface area contributed by atoms with E-state index in [2.05, 4.69) is 43.0 Å². The monoisotopic (exact) mass is 412 g/mol. The molecule has 0 unspecified atom stereocenters. The van der Waals surface area contributed by atoms with E-state index < -0.39 is 0 Å². The Hall–Kier alpha value is -1.18. The van der Waals surface area contributed by atoms with Crippen molar-refractivity contribution in [1.82, 2.24) is 15.1 Å². The molecule has 1 aromatic carbocycles. The topological polar surface area (TPSA) is 40.1 Å². The van der Waals surface area contributed by atoms with Gasteiger partial charge in [-0.3, -0.25) is 9.89 Å². The van der Waals surface area contributed by atoms with Gasteiger partial charge in [-0.2, -0.15) is 0 Å². The van der Waals surface area contributed by atoms with Crippen LogP contribution in [-0.2, 0) is 11.3 Å². The molecule has 0 atom stereocenters. The molecule has 1 N–H and O–H groups in total. The average molecular weight is 413 g/mol. The van der Waals surface area contributed by atoms with E-state index in [0.29, 0.717) is 4.47 Å². The smallest absolute Gasteiger partial charge is 0.193 e. The highest BCUT2D eigenvalue weighted by molar-refractivity contribution is 9.10. The normalized spacial score (nSPS) is 21.1. The van der Waals surface area contributed by atoms with Gasteiger partial charge >= 0.3 is 0 Å². The lowest BCUT2D eigenvalue weighted by Gasteiger charge is -2.41. The largest absolute Gasteiger partial charge is 0.380 e. The molecule has 2 aliphatic rings. The van der Waals surface area contributed by atoms with Gasteiger partial charge in [0.2, 0.25) is 0 Å². The minimum atomic E-state index is -0.200. The first-order valence-electron chi connectivity index (χ1n) is 8.69. The summed E-state index contributed by atoms with van der Waals surface area (Å²) in [5.74, 6) is 0.761. The molecule has 7 heteroatoms. The number of ether oxygens (including phenoxy) is 1. The molecule has 25 heavy (non-hydrogen) atoms. The van der Waals surface area contributed by atoms with Crippen molar-refractivity contribution < 1.29 is 9.13 Å². The second-order valence-electron chi connectivity index (χ2n) is 7.22.